The summed E-state index contributed by atoms with van der Waals surface area (Å²) >= 11 is 1.37. The van der Waals surface area contributed by atoms with Crippen LogP contribution in [0.25, 0.3) is 10.2 Å². The van der Waals surface area contributed by atoms with Gasteiger partial charge in [-0.3, -0.25) is 9.69 Å². The highest BCUT2D eigenvalue weighted by molar-refractivity contribution is 7.89. The van der Waals surface area contributed by atoms with Crippen LogP contribution in [0.4, 0.5) is 5.13 Å². The number of rotatable bonds is 15. The molecule has 0 aliphatic heterocycles. The van der Waals surface area contributed by atoms with Crippen molar-refractivity contribution in [2.75, 3.05) is 86.8 Å². The van der Waals surface area contributed by atoms with Gasteiger partial charge in [-0.2, -0.15) is 4.31 Å². The number of amides is 1. The number of fused-ring (bicyclic) bond motifs is 1. The van der Waals surface area contributed by atoms with E-state index in [2.05, 4.69) is 0 Å². The van der Waals surface area contributed by atoms with Gasteiger partial charge in [0.15, 0.2) is 16.6 Å². The van der Waals surface area contributed by atoms with Gasteiger partial charge in [0.05, 0.1) is 42.5 Å². The predicted octanol–water partition coefficient (Wildman–Crippen LogP) is 3.23. The Morgan fingerprint density at radius 1 is 0.875 bits per heavy atom. The van der Waals surface area contributed by atoms with E-state index in [4.69, 9.17) is 23.9 Å². The fraction of sp³-hybridized carbons (Fsp3) is 0.462. The fourth-order valence-electron chi connectivity index (χ4n) is 3.76. The van der Waals surface area contributed by atoms with E-state index < -0.39 is 10.0 Å². The molecule has 3 aromatic rings. The van der Waals surface area contributed by atoms with Crippen molar-refractivity contribution in [3.63, 3.8) is 0 Å². The number of ether oxygens (including phenoxy) is 4. The van der Waals surface area contributed by atoms with E-state index in [1.807, 2.05) is 25.1 Å². The number of aromatic nitrogens is 1. The van der Waals surface area contributed by atoms with E-state index in [0.29, 0.717) is 40.8 Å². The molecule has 0 spiro atoms. The van der Waals surface area contributed by atoms with Crippen LogP contribution in [-0.2, 0) is 19.5 Å². The van der Waals surface area contributed by atoms with Crippen molar-refractivity contribution < 1.29 is 32.2 Å². The van der Waals surface area contributed by atoms with E-state index >= 15 is 0 Å². The number of methoxy groups -OCH3 is 4. The minimum Gasteiger partial charge on any atom is -0.493 e. The number of halogens is 1. The zero-order valence-electron chi connectivity index (χ0n) is 23.6. The smallest absolute Gasteiger partial charge is 0.260 e. The summed E-state index contributed by atoms with van der Waals surface area (Å²) in [6, 6.07) is 9.58. The Morgan fingerprint density at radius 3 is 1.98 bits per heavy atom. The van der Waals surface area contributed by atoms with Crippen molar-refractivity contribution in [3.05, 3.63) is 42.0 Å². The Kier molecular flexibility index (Phi) is 13.0. The van der Waals surface area contributed by atoms with Crippen molar-refractivity contribution in [2.24, 2.45) is 0 Å². The average Bonchev–Trinajstić information content (AvgIpc) is 3.34. The molecule has 11 nitrogen and oxygen atoms in total. The molecule has 1 amide bonds. The standard InChI is InChI=1S/C26H36N4O7S2.ClH/c1-28(2)11-12-30(26-27-21-17-22(36-5)23(37-6)18-24(21)38-26)25(31)19-7-9-20(10-8-19)39(32,33)29(13-15-34-3)14-16-35-4;/h7-10,17-18H,11-16H2,1-6H3;1H. The Bertz CT molecular complexity index is 1300. The number of likely N-dealkylation sites (N-methyl/N-ethyl adjacent to an activating group) is 1. The third kappa shape index (κ3) is 8.03. The molecule has 0 aliphatic rings. The van der Waals surface area contributed by atoms with Gasteiger partial charge in [-0.1, -0.05) is 11.3 Å². The van der Waals surface area contributed by atoms with E-state index in [9.17, 15) is 13.2 Å². The number of carbonyl (C=O) groups excluding carboxylic acids is 1. The fourth-order valence-corrected chi connectivity index (χ4v) is 6.16. The molecule has 1 aromatic heterocycles. The van der Waals surface area contributed by atoms with E-state index in [1.165, 1.54) is 54.1 Å². The molecule has 0 aliphatic carbocycles. The maximum absolute atomic E-state index is 13.7. The first-order chi connectivity index (χ1) is 18.7. The molecule has 14 heteroatoms. The first-order valence-corrected chi connectivity index (χ1v) is 14.5. The number of hydrogen-bond donors (Lipinski definition) is 0. The molecule has 2 aromatic carbocycles. The van der Waals surface area contributed by atoms with Crippen molar-refractivity contribution in [1.29, 1.82) is 0 Å². The molecule has 0 N–H and O–H groups in total. The second-order valence-electron chi connectivity index (χ2n) is 8.85. The molecule has 0 saturated heterocycles. The third-order valence-corrected chi connectivity index (χ3v) is 8.91. The van der Waals surface area contributed by atoms with Gasteiger partial charge in [-0.15, -0.1) is 12.4 Å². The molecule has 0 unspecified atom stereocenters. The maximum Gasteiger partial charge on any atom is 0.260 e. The summed E-state index contributed by atoms with van der Waals surface area (Å²) in [5, 5.41) is 0.522. The highest BCUT2D eigenvalue weighted by Gasteiger charge is 2.26. The Balaban J connectivity index is 0.00000560. The lowest BCUT2D eigenvalue weighted by Crippen LogP contribution is -2.37. The predicted molar refractivity (Wildman–Crippen MR) is 159 cm³/mol. The van der Waals surface area contributed by atoms with Gasteiger partial charge in [0.2, 0.25) is 10.0 Å². The number of anilines is 1. The number of benzene rings is 2. The number of carbonyl (C=O) groups is 1. The summed E-state index contributed by atoms with van der Waals surface area (Å²) in [5.41, 5.74) is 1.03. The molecule has 0 atom stereocenters. The Labute approximate surface area is 246 Å². The zero-order valence-corrected chi connectivity index (χ0v) is 26.0. The summed E-state index contributed by atoms with van der Waals surface area (Å²) in [4.78, 5) is 22.1. The van der Waals surface area contributed by atoms with Crippen molar-refractivity contribution in [1.82, 2.24) is 14.2 Å². The minimum atomic E-state index is -3.80. The SMILES string of the molecule is COCCN(CCOC)S(=O)(=O)c1ccc(C(=O)N(CCN(C)C)c2nc3cc(OC)c(OC)cc3s2)cc1.Cl. The van der Waals surface area contributed by atoms with Crippen LogP contribution in [0, 0.1) is 0 Å². The molecule has 1 heterocycles. The van der Waals surface area contributed by atoms with Crippen LogP contribution in [0.5, 0.6) is 11.5 Å². The molecule has 222 valence electrons. The largest absolute Gasteiger partial charge is 0.493 e. The Morgan fingerprint density at radius 2 is 1.45 bits per heavy atom. The summed E-state index contributed by atoms with van der Waals surface area (Å²) in [7, 11) is 6.20. The van der Waals surface area contributed by atoms with Gasteiger partial charge >= 0.3 is 0 Å². The molecule has 0 saturated carbocycles. The number of sulfonamides is 1. The molecule has 0 fully saturated rings. The minimum absolute atomic E-state index is 0. The monoisotopic (exact) mass is 616 g/mol. The molecular weight excluding hydrogens is 580 g/mol. The number of hydrogen-bond acceptors (Lipinski definition) is 10. The van der Waals surface area contributed by atoms with Crippen molar-refractivity contribution in [2.45, 2.75) is 4.90 Å². The van der Waals surface area contributed by atoms with Crippen LogP contribution in [0.1, 0.15) is 10.4 Å². The van der Waals surface area contributed by atoms with Crippen LogP contribution in [0.2, 0.25) is 0 Å². The first-order valence-electron chi connectivity index (χ1n) is 12.2. The van der Waals surface area contributed by atoms with Crippen LogP contribution in [0.3, 0.4) is 0 Å². The molecule has 0 bridgehead atoms. The second kappa shape index (κ2) is 15.5. The van der Waals surface area contributed by atoms with Gasteiger partial charge in [0.1, 0.15) is 0 Å². The molecule has 40 heavy (non-hydrogen) atoms. The van der Waals surface area contributed by atoms with Crippen LogP contribution >= 0.6 is 23.7 Å². The van der Waals surface area contributed by atoms with E-state index in [0.717, 1.165) is 4.70 Å². The lowest BCUT2D eigenvalue weighted by molar-refractivity contribution is 0.0985. The van der Waals surface area contributed by atoms with Crippen LogP contribution in [-0.4, -0.2) is 110 Å². The molecule has 0 radical (unpaired) electrons. The number of thiazole rings is 1. The van der Waals surface area contributed by atoms with Gasteiger partial charge in [0.25, 0.3) is 5.91 Å². The second-order valence-corrected chi connectivity index (χ2v) is 11.8. The quantitative estimate of drug-likeness (QED) is 0.254. The topological polar surface area (TPSA) is 111 Å². The molecular formula is C26H37ClN4O7S2. The maximum atomic E-state index is 13.7. The van der Waals surface area contributed by atoms with Crippen LogP contribution in [0.15, 0.2) is 41.3 Å². The highest BCUT2D eigenvalue weighted by Crippen LogP contribution is 2.37. The zero-order chi connectivity index (χ0) is 28.6. The van der Waals surface area contributed by atoms with Gasteiger partial charge in [0, 0.05) is 58.1 Å². The van der Waals surface area contributed by atoms with E-state index in [-0.39, 0.29) is 49.5 Å². The summed E-state index contributed by atoms with van der Waals surface area (Å²) in [6.07, 6.45) is 0. The summed E-state index contributed by atoms with van der Waals surface area (Å²) in [6.45, 7) is 1.87. The van der Waals surface area contributed by atoms with Crippen molar-refractivity contribution >= 4 is 55.0 Å². The lowest BCUT2D eigenvalue weighted by Gasteiger charge is -2.23. The van der Waals surface area contributed by atoms with Crippen molar-refractivity contribution in [3.8, 4) is 11.5 Å². The van der Waals surface area contributed by atoms with Gasteiger partial charge in [-0.25, -0.2) is 13.4 Å². The van der Waals surface area contributed by atoms with E-state index in [1.54, 1.807) is 25.2 Å². The Hall–Kier alpha value is -2.52. The first kappa shape index (κ1) is 33.7. The normalized spacial score (nSPS) is 11.6. The highest BCUT2D eigenvalue weighted by atomic mass is 35.5. The van der Waals surface area contributed by atoms with Gasteiger partial charge < -0.3 is 23.8 Å². The number of nitrogens with zero attached hydrogens (tertiary/aromatic N) is 4. The van der Waals surface area contributed by atoms with Crippen LogP contribution < -0.4 is 14.4 Å². The average molecular weight is 617 g/mol. The molecule has 3 rings (SSSR count). The third-order valence-electron chi connectivity index (χ3n) is 5.96. The summed E-state index contributed by atoms with van der Waals surface area (Å²) < 4.78 is 49.6. The summed E-state index contributed by atoms with van der Waals surface area (Å²) in [5.74, 6) is 0.845. The lowest BCUT2D eigenvalue weighted by atomic mass is 10.2. The van der Waals surface area contributed by atoms with Gasteiger partial charge in [-0.05, 0) is 38.4 Å².